The van der Waals surface area contributed by atoms with Crippen molar-refractivity contribution in [3.8, 4) is 0 Å². The van der Waals surface area contributed by atoms with E-state index in [2.05, 4.69) is 31.0 Å². The Balaban J connectivity index is 0. The minimum atomic E-state index is 0. The van der Waals surface area contributed by atoms with Gasteiger partial charge in [0, 0.05) is 36.9 Å². The van der Waals surface area contributed by atoms with E-state index in [1.54, 1.807) is 6.92 Å². The van der Waals surface area contributed by atoms with Gasteiger partial charge in [0.25, 0.3) is 0 Å². The van der Waals surface area contributed by atoms with Crippen LogP contribution in [0.3, 0.4) is 0 Å². The van der Waals surface area contributed by atoms with Crippen LogP contribution in [0, 0.1) is 13.8 Å². The van der Waals surface area contributed by atoms with Gasteiger partial charge in [0.15, 0.2) is 6.29 Å². The fraction of sp³-hybridized carbons (Fsp3) is 0.400. The topological polar surface area (TPSA) is 107 Å². The molecule has 0 fully saturated rings. The van der Waals surface area contributed by atoms with E-state index in [4.69, 9.17) is 0 Å². The Hall–Kier alpha value is -2.25. The lowest BCUT2D eigenvalue weighted by atomic mass is 10.3. The highest BCUT2D eigenvalue weighted by Gasteiger charge is 1.90. The van der Waals surface area contributed by atoms with Gasteiger partial charge in [-0.2, -0.15) is 0 Å². The van der Waals surface area contributed by atoms with Crippen LogP contribution >= 0.6 is 0 Å². The second kappa shape index (κ2) is 13.7. The lowest BCUT2D eigenvalue weighted by Crippen LogP contribution is -2.05. The van der Waals surface area contributed by atoms with Crippen LogP contribution in [0.15, 0.2) is 24.8 Å². The quantitative estimate of drug-likeness (QED) is 0.823. The SMILES string of the molecule is C.CN.CNCc1cnc(C)nc1.Cc1ncc(C=O)cn1. The molecule has 0 atom stereocenters. The average molecular weight is 306 g/mol. The van der Waals surface area contributed by atoms with Crippen molar-refractivity contribution >= 4 is 6.29 Å². The zero-order valence-electron chi connectivity index (χ0n) is 12.9. The number of aryl methyl sites for hydroxylation is 2. The Labute approximate surface area is 132 Å². The number of hydrogen-bond acceptors (Lipinski definition) is 7. The van der Waals surface area contributed by atoms with Crippen LogP contribution in [0.25, 0.3) is 0 Å². The van der Waals surface area contributed by atoms with Crippen LogP contribution in [0.2, 0.25) is 0 Å². The van der Waals surface area contributed by atoms with Gasteiger partial charge < -0.3 is 11.1 Å². The van der Waals surface area contributed by atoms with Crippen LogP contribution in [-0.4, -0.2) is 40.3 Å². The second-order valence-electron chi connectivity index (χ2n) is 3.85. The summed E-state index contributed by atoms with van der Waals surface area (Å²) in [5, 5.41) is 3.02. The van der Waals surface area contributed by atoms with E-state index in [1.807, 2.05) is 26.4 Å². The molecule has 7 nitrogen and oxygen atoms in total. The van der Waals surface area contributed by atoms with Gasteiger partial charge in [0.1, 0.15) is 11.6 Å². The molecule has 0 aliphatic rings. The van der Waals surface area contributed by atoms with E-state index in [-0.39, 0.29) is 7.43 Å². The van der Waals surface area contributed by atoms with Crippen molar-refractivity contribution in [3.63, 3.8) is 0 Å². The highest BCUT2D eigenvalue weighted by Crippen LogP contribution is 1.93. The van der Waals surface area contributed by atoms with Crippen molar-refractivity contribution in [2.45, 2.75) is 27.8 Å². The highest BCUT2D eigenvalue weighted by atomic mass is 16.1. The zero-order chi connectivity index (χ0) is 16.1. The van der Waals surface area contributed by atoms with Crippen molar-refractivity contribution in [2.75, 3.05) is 14.1 Å². The van der Waals surface area contributed by atoms with Gasteiger partial charge in [0.05, 0.1) is 5.56 Å². The summed E-state index contributed by atoms with van der Waals surface area (Å²) in [6.45, 7) is 4.48. The largest absolute Gasteiger partial charge is 0.333 e. The maximum absolute atomic E-state index is 10.0. The molecule has 7 heteroatoms. The number of rotatable bonds is 3. The molecule has 0 radical (unpaired) electrons. The molecular weight excluding hydrogens is 280 g/mol. The Bertz CT molecular complexity index is 498. The van der Waals surface area contributed by atoms with Crippen molar-refractivity contribution < 1.29 is 4.79 Å². The Morgan fingerprint density at radius 3 is 1.77 bits per heavy atom. The maximum atomic E-state index is 10.0. The van der Waals surface area contributed by atoms with E-state index in [0.29, 0.717) is 11.4 Å². The number of nitrogens with two attached hydrogens (primary N) is 1. The molecule has 22 heavy (non-hydrogen) atoms. The van der Waals surface area contributed by atoms with E-state index in [1.165, 1.54) is 19.4 Å². The summed E-state index contributed by atoms with van der Waals surface area (Å²) in [7, 11) is 3.40. The molecule has 0 saturated heterocycles. The Kier molecular flexibility index (Phi) is 13.7. The van der Waals surface area contributed by atoms with Crippen LogP contribution in [0.4, 0.5) is 0 Å². The van der Waals surface area contributed by atoms with Crippen molar-refractivity contribution in [3.05, 3.63) is 47.6 Å². The molecule has 0 spiro atoms. The molecule has 2 aromatic rings. The van der Waals surface area contributed by atoms with Crippen LogP contribution in [0.1, 0.15) is 35.0 Å². The average Bonchev–Trinajstić information content (AvgIpc) is 2.53. The van der Waals surface area contributed by atoms with Gasteiger partial charge in [-0.15, -0.1) is 0 Å². The molecule has 122 valence electrons. The van der Waals surface area contributed by atoms with Gasteiger partial charge in [-0.3, -0.25) is 4.79 Å². The lowest BCUT2D eigenvalue weighted by molar-refractivity contribution is 0.112. The maximum Gasteiger partial charge on any atom is 0.153 e. The van der Waals surface area contributed by atoms with Gasteiger partial charge >= 0.3 is 0 Å². The number of nitrogens with one attached hydrogen (secondary N) is 1. The summed E-state index contributed by atoms with van der Waals surface area (Å²) in [4.78, 5) is 25.7. The zero-order valence-corrected chi connectivity index (χ0v) is 12.9. The van der Waals surface area contributed by atoms with E-state index < -0.39 is 0 Å². The first-order chi connectivity index (χ1) is 10.2. The van der Waals surface area contributed by atoms with Crippen LogP contribution < -0.4 is 11.1 Å². The first kappa shape index (κ1) is 22.0. The molecule has 0 amide bonds. The number of hydrogen-bond donors (Lipinski definition) is 2. The normalized spacial score (nSPS) is 8.41. The summed E-state index contributed by atoms with van der Waals surface area (Å²) in [5.41, 5.74) is 6.13. The van der Waals surface area contributed by atoms with Gasteiger partial charge in [-0.1, -0.05) is 7.43 Å². The molecule has 3 N–H and O–H groups in total. The molecule has 0 aliphatic carbocycles. The van der Waals surface area contributed by atoms with Gasteiger partial charge in [-0.05, 0) is 27.9 Å². The molecule has 2 heterocycles. The van der Waals surface area contributed by atoms with E-state index in [9.17, 15) is 4.79 Å². The molecule has 0 unspecified atom stereocenters. The molecule has 2 rings (SSSR count). The fourth-order valence-electron chi connectivity index (χ4n) is 1.18. The first-order valence-electron chi connectivity index (χ1n) is 6.39. The number of aldehydes is 1. The molecule has 2 aromatic heterocycles. The van der Waals surface area contributed by atoms with Crippen molar-refractivity contribution in [1.29, 1.82) is 0 Å². The molecule has 0 aromatic carbocycles. The lowest BCUT2D eigenvalue weighted by Gasteiger charge is -1.97. The predicted molar refractivity (Wildman–Crippen MR) is 88.5 cm³/mol. The highest BCUT2D eigenvalue weighted by molar-refractivity contribution is 5.73. The summed E-state index contributed by atoms with van der Waals surface area (Å²) in [6.07, 6.45) is 7.38. The summed E-state index contributed by atoms with van der Waals surface area (Å²) >= 11 is 0. The minimum absolute atomic E-state index is 0. The molecule has 0 bridgehead atoms. The fourth-order valence-corrected chi connectivity index (χ4v) is 1.18. The minimum Gasteiger partial charge on any atom is -0.333 e. The van der Waals surface area contributed by atoms with Crippen molar-refractivity contribution in [2.24, 2.45) is 5.73 Å². The number of aromatic nitrogens is 4. The number of nitrogens with zero attached hydrogens (tertiary/aromatic N) is 4. The first-order valence-corrected chi connectivity index (χ1v) is 6.39. The van der Waals surface area contributed by atoms with Crippen LogP contribution in [-0.2, 0) is 6.54 Å². The third-order valence-electron chi connectivity index (χ3n) is 2.15. The smallest absolute Gasteiger partial charge is 0.153 e. The third-order valence-corrected chi connectivity index (χ3v) is 2.15. The molecular formula is C15H26N6O. The van der Waals surface area contributed by atoms with E-state index in [0.717, 1.165) is 24.2 Å². The molecule has 0 aliphatic heterocycles. The number of carbonyl (C=O) groups excluding carboxylic acids is 1. The molecule has 0 saturated carbocycles. The van der Waals surface area contributed by atoms with Gasteiger partial charge in [-0.25, -0.2) is 19.9 Å². The predicted octanol–water partition coefficient (Wildman–Crippen LogP) is 1.31. The van der Waals surface area contributed by atoms with Gasteiger partial charge in [0.2, 0.25) is 0 Å². The summed E-state index contributed by atoms with van der Waals surface area (Å²) in [5.74, 6) is 1.50. The second-order valence-corrected chi connectivity index (χ2v) is 3.85. The standard InChI is InChI=1S/C7H11N3.C6H6N2O.CH5N.CH4/c1-6-9-4-7(3-8-2)5-10-6;1-5-7-2-6(4-9)3-8-5;1-2;/h4-5,8H,3H2,1-2H3;2-4H,1H3;2H2,1H3;1H4. The number of carbonyl (C=O) groups is 1. The summed E-state index contributed by atoms with van der Waals surface area (Å²) in [6, 6.07) is 0. The third kappa shape index (κ3) is 9.62. The van der Waals surface area contributed by atoms with Crippen molar-refractivity contribution in [1.82, 2.24) is 25.3 Å². The van der Waals surface area contributed by atoms with Crippen LogP contribution in [0.5, 0.6) is 0 Å². The summed E-state index contributed by atoms with van der Waals surface area (Å²) < 4.78 is 0. The Morgan fingerprint density at radius 1 is 1.00 bits per heavy atom. The van der Waals surface area contributed by atoms with E-state index >= 15 is 0 Å². The monoisotopic (exact) mass is 306 g/mol. The Morgan fingerprint density at radius 2 is 1.41 bits per heavy atom.